The Morgan fingerprint density at radius 1 is 1.36 bits per heavy atom. The van der Waals surface area contributed by atoms with E-state index >= 15 is 0 Å². The fourth-order valence-electron chi connectivity index (χ4n) is 0.695. The molecule has 0 radical (unpaired) electrons. The molecule has 0 saturated carbocycles. The molecule has 0 saturated heterocycles. The van der Waals surface area contributed by atoms with E-state index in [1.165, 1.54) is 6.08 Å². The summed E-state index contributed by atoms with van der Waals surface area (Å²) in [7, 11) is 0. The molecule has 4 heteroatoms. The summed E-state index contributed by atoms with van der Waals surface area (Å²) < 4.78 is 9.31. The molecule has 0 bridgehead atoms. The molecule has 14 heavy (non-hydrogen) atoms. The van der Waals surface area contributed by atoms with E-state index in [2.05, 4.69) is 22.6 Å². The summed E-state index contributed by atoms with van der Waals surface area (Å²) in [5.41, 5.74) is 0.0882. The molecule has 0 atom stereocenters. The predicted octanol–water partition coefficient (Wildman–Crippen LogP) is 1.22. The second-order valence-corrected chi connectivity index (χ2v) is 2.47. The molecule has 0 fully saturated rings. The summed E-state index contributed by atoms with van der Waals surface area (Å²) in [5, 5.41) is 0. The van der Waals surface area contributed by atoms with Crippen LogP contribution in [0.25, 0.3) is 0 Å². The first kappa shape index (κ1) is 12.4. The number of hydrogen-bond acceptors (Lipinski definition) is 4. The average molecular weight is 198 g/mol. The van der Waals surface area contributed by atoms with Gasteiger partial charge in [0.05, 0.1) is 13.0 Å². The highest BCUT2D eigenvalue weighted by Crippen LogP contribution is 2.02. The van der Waals surface area contributed by atoms with Crippen LogP contribution in [0.4, 0.5) is 0 Å². The van der Waals surface area contributed by atoms with E-state index < -0.39 is 11.9 Å². The van der Waals surface area contributed by atoms with Crippen molar-refractivity contribution in [1.29, 1.82) is 0 Å². The van der Waals surface area contributed by atoms with Gasteiger partial charge in [-0.1, -0.05) is 19.2 Å². The first-order valence-electron chi connectivity index (χ1n) is 4.23. The first-order chi connectivity index (χ1) is 6.61. The summed E-state index contributed by atoms with van der Waals surface area (Å²) in [6.45, 7) is 8.89. The average Bonchev–Trinajstić information content (AvgIpc) is 2.14. The highest BCUT2D eigenvalue weighted by atomic mass is 16.5. The maximum Gasteiger partial charge on any atom is 0.334 e. The fraction of sp³-hybridized carbons (Fsp3) is 0.400. The van der Waals surface area contributed by atoms with E-state index in [-0.39, 0.29) is 25.2 Å². The monoisotopic (exact) mass is 198 g/mol. The Morgan fingerprint density at radius 3 is 2.50 bits per heavy atom. The van der Waals surface area contributed by atoms with Crippen LogP contribution >= 0.6 is 0 Å². The van der Waals surface area contributed by atoms with Crippen LogP contribution < -0.4 is 0 Å². The van der Waals surface area contributed by atoms with Gasteiger partial charge in [-0.3, -0.25) is 4.79 Å². The lowest BCUT2D eigenvalue weighted by molar-refractivity contribution is -0.145. The van der Waals surface area contributed by atoms with Crippen molar-refractivity contribution in [1.82, 2.24) is 0 Å². The standard InChI is InChI=1S/C10H14O4/c1-4-6-14-10(12)8(3)7-9(11)13-5-2/h4H,1,3,5-7H2,2H3. The van der Waals surface area contributed by atoms with Crippen LogP contribution in [0.3, 0.4) is 0 Å². The van der Waals surface area contributed by atoms with Crippen molar-refractivity contribution in [2.24, 2.45) is 0 Å². The third-order valence-corrected chi connectivity index (χ3v) is 1.28. The molecule has 0 heterocycles. The van der Waals surface area contributed by atoms with Gasteiger partial charge in [0.2, 0.25) is 0 Å². The second kappa shape index (κ2) is 6.88. The first-order valence-corrected chi connectivity index (χ1v) is 4.23. The molecule has 0 aromatic carbocycles. The number of hydrogen-bond donors (Lipinski definition) is 0. The molecular formula is C10H14O4. The summed E-state index contributed by atoms with van der Waals surface area (Å²) >= 11 is 0. The van der Waals surface area contributed by atoms with Gasteiger partial charge in [-0.25, -0.2) is 4.79 Å². The van der Waals surface area contributed by atoms with Crippen LogP contribution in [0.15, 0.2) is 24.8 Å². The lowest BCUT2D eigenvalue weighted by Crippen LogP contribution is -2.12. The molecule has 0 aromatic heterocycles. The SMILES string of the molecule is C=CCOC(=O)C(=C)CC(=O)OCC. The van der Waals surface area contributed by atoms with E-state index in [0.29, 0.717) is 0 Å². The van der Waals surface area contributed by atoms with Gasteiger partial charge in [0, 0.05) is 5.57 Å². The minimum atomic E-state index is -0.599. The molecule has 0 aliphatic rings. The van der Waals surface area contributed by atoms with Gasteiger partial charge < -0.3 is 9.47 Å². The molecule has 0 unspecified atom stereocenters. The minimum absolute atomic E-state index is 0.0882. The normalized spacial score (nSPS) is 8.93. The topological polar surface area (TPSA) is 52.6 Å². The Kier molecular flexibility index (Phi) is 6.11. The maximum atomic E-state index is 11.1. The van der Waals surface area contributed by atoms with E-state index in [9.17, 15) is 9.59 Å². The molecule has 78 valence electrons. The van der Waals surface area contributed by atoms with Gasteiger partial charge >= 0.3 is 11.9 Å². The molecule has 0 N–H and O–H groups in total. The van der Waals surface area contributed by atoms with Gasteiger partial charge in [-0.15, -0.1) is 0 Å². The number of esters is 2. The Hall–Kier alpha value is -1.58. The lowest BCUT2D eigenvalue weighted by Gasteiger charge is -2.04. The Morgan fingerprint density at radius 2 is 2.00 bits per heavy atom. The van der Waals surface area contributed by atoms with Crippen molar-refractivity contribution in [3.8, 4) is 0 Å². The lowest BCUT2D eigenvalue weighted by atomic mass is 10.2. The maximum absolute atomic E-state index is 11.1. The zero-order chi connectivity index (χ0) is 11.0. The zero-order valence-corrected chi connectivity index (χ0v) is 8.25. The van der Waals surface area contributed by atoms with Gasteiger partial charge in [-0.05, 0) is 6.92 Å². The summed E-state index contributed by atoms with van der Waals surface area (Å²) in [4.78, 5) is 22.0. The summed E-state index contributed by atoms with van der Waals surface area (Å²) in [5.74, 6) is -1.08. The van der Waals surface area contributed by atoms with Crippen molar-refractivity contribution >= 4 is 11.9 Å². The van der Waals surface area contributed by atoms with Crippen LogP contribution in [-0.2, 0) is 19.1 Å². The Labute approximate surface area is 83.2 Å². The zero-order valence-electron chi connectivity index (χ0n) is 8.25. The fourth-order valence-corrected chi connectivity index (χ4v) is 0.695. The summed E-state index contributed by atoms with van der Waals surface area (Å²) in [6, 6.07) is 0. The van der Waals surface area contributed by atoms with Gasteiger partial charge in [0.15, 0.2) is 0 Å². The molecule has 4 nitrogen and oxygen atoms in total. The van der Waals surface area contributed by atoms with Gasteiger partial charge in [-0.2, -0.15) is 0 Å². The molecule has 0 aliphatic carbocycles. The summed E-state index contributed by atoms with van der Waals surface area (Å²) in [6.07, 6.45) is 1.30. The number of ether oxygens (including phenoxy) is 2. The van der Waals surface area contributed by atoms with E-state index in [4.69, 9.17) is 0 Å². The highest BCUT2D eigenvalue weighted by molar-refractivity contribution is 5.93. The second-order valence-electron chi connectivity index (χ2n) is 2.47. The van der Waals surface area contributed by atoms with Crippen LogP contribution in [-0.4, -0.2) is 25.2 Å². The predicted molar refractivity (Wildman–Crippen MR) is 51.5 cm³/mol. The molecule has 0 amide bonds. The largest absolute Gasteiger partial charge is 0.466 e. The third kappa shape index (κ3) is 5.13. The number of carbonyl (C=O) groups excluding carboxylic acids is 2. The molecule has 0 aromatic rings. The molecule has 0 rings (SSSR count). The Balaban J connectivity index is 3.88. The van der Waals surface area contributed by atoms with E-state index in [0.717, 1.165) is 0 Å². The molecular weight excluding hydrogens is 184 g/mol. The van der Waals surface area contributed by atoms with E-state index in [1.54, 1.807) is 6.92 Å². The van der Waals surface area contributed by atoms with Crippen LogP contribution in [0.2, 0.25) is 0 Å². The Bertz CT molecular complexity index is 243. The smallest absolute Gasteiger partial charge is 0.334 e. The van der Waals surface area contributed by atoms with Crippen molar-refractivity contribution in [2.45, 2.75) is 13.3 Å². The third-order valence-electron chi connectivity index (χ3n) is 1.28. The van der Waals surface area contributed by atoms with Gasteiger partial charge in [0.1, 0.15) is 6.61 Å². The minimum Gasteiger partial charge on any atom is -0.466 e. The van der Waals surface area contributed by atoms with Gasteiger partial charge in [0.25, 0.3) is 0 Å². The van der Waals surface area contributed by atoms with Crippen molar-refractivity contribution in [2.75, 3.05) is 13.2 Å². The highest BCUT2D eigenvalue weighted by Gasteiger charge is 2.12. The van der Waals surface area contributed by atoms with E-state index in [1.807, 2.05) is 0 Å². The molecule has 0 spiro atoms. The number of carbonyl (C=O) groups is 2. The van der Waals surface area contributed by atoms with Crippen LogP contribution in [0.5, 0.6) is 0 Å². The van der Waals surface area contributed by atoms with Crippen molar-refractivity contribution in [3.63, 3.8) is 0 Å². The number of rotatable bonds is 6. The molecule has 0 aliphatic heterocycles. The quantitative estimate of drug-likeness (QED) is 0.366. The van der Waals surface area contributed by atoms with Crippen LogP contribution in [0.1, 0.15) is 13.3 Å². The van der Waals surface area contributed by atoms with Crippen LogP contribution in [0, 0.1) is 0 Å². The van der Waals surface area contributed by atoms with Crippen molar-refractivity contribution < 1.29 is 19.1 Å². The van der Waals surface area contributed by atoms with Crippen molar-refractivity contribution in [3.05, 3.63) is 24.8 Å².